The number of H-pyrrole nitrogens is 1. The lowest BCUT2D eigenvalue weighted by Crippen LogP contribution is -2.37. The van der Waals surface area contributed by atoms with Crippen molar-refractivity contribution in [2.45, 2.75) is 45.7 Å². The molecule has 0 atom stereocenters. The monoisotopic (exact) mass is 349 g/mol. The Morgan fingerprint density at radius 2 is 2.12 bits per heavy atom. The van der Waals surface area contributed by atoms with Gasteiger partial charge in [-0.25, -0.2) is 9.37 Å². The van der Waals surface area contributed by atoms with Gasteiger partial charge in [0.15, 0.2) is 0 Å². The minimum atomic E-state index is -0.416. The van der Waals surface area contributed by atoms with Crippen LogP contribution in [-0.2, 0) is 24.9 Å². The summed E-state index contributed by atoms with van der Waals surface area (Å²) < 4.78 is 13.6. The van der Waals surface area contributed by atoms with E-state index in [1.807, 2.05) is 26.8 Å². The fourth-order valence-electron chi connectivity index (χ4n) is 2.87. The number of benzene rings is 1. The third-order valence-corrected chi connectivity index (χ3v) is 4.55. The SMILES string of the molecule is CC(C)(C)c1nc2c(c(=O)[nH]1)CN(Cc1ccc(Cl)c(F)c1)CC2. The number of hydrogen-bond acceptors (Lipinski definition) is 3. The van der Waals surface area contributed by atoms with Crippen LogP contribution in [0.1, 0.15) is 43.4 Å². The molecule has 2 aromatic rings. The van der Waals surface area contributed by atoms with Crippen molar-refractivity contribution in [2.75, 3.05) is 6.54 Å². The van der Waals surface area contributed by atoms with Crippen LogP contribution in [-0.4, -0.2) is 21.4 Å². The number of rotatable bonds is 2. The molecule has 1 aromatic carbocycles. The van der Waals surface area contributed by atoms with E-state index in [0.29, 0.717) is 18.7 Å². The lowest BCUT2D eigenvalue weighted by Gasteiger charge is -2.29. The quantitative estimate of drug-likeness (QED) is 0.903. The van der Waals surface area contributed by atoms with Crippen molar-refractivity contribution >= 4 is 11.6 Å². The van der Waals surface area contributed by atoms with Gasteiger partial charge in [-0.15, -0.1) is 0 Å². The number of hydrogen-bond donors (Lipinski definition) is 1. The van der Waals surface area contributed by atoms with E-state index in [1.165, 1.54) is 6.07 Å². The first-order chi connectivity index (χ1) is 11.2. The molecule has 1 aliphatic rings. The maximum absolute atomic E-state index is 13.6. The Kier molecular flexibility index (Phi) is 4.49. The fraction of sp³-hybridized carbons (Fsp3) is 0.444. The number of aromatic amines is 1. The van der Waals surface area contributed by atoms with E-state index >= 15 is 0 Å². The van der Waals surface area contributed by atoms with E-state index in [-0.39, 0.29) is 16.0 Å². The van der Waals surface area contributed by atoms with Crippen molar-refractivity contribution in [3.63, 3.8) is 0 Å². The number of nitrogens with one attached hydrogen (secondary N) is 1. The van der Waals surface area contributed by atoms with Crippen LogP contribution in [0.3, 0.4) is 0 Å². The normalized spacial score (nSPS) is 15.4. The van der Waals surface area contributed by atoms with Gasteiger partial charge in [-0.3, -0.25) is 9.69 Å². The zero-order chi connectivity index (χ0) is 17.5. The Bertz CT molecular complexity index is 826. The van der Waals surface area contributed by atoms with Gasteiger partial charge in [-0.1, -0.05) is 38.4 Å². The molecule has 0 fully saturated rings. The second kappa shape index (κ2) is 6.30. The second-order valence-electron chi connectivity index (χ2n) is 7.30. The largest absolute Gasteiger partial charge is 0.310 e. The lowest BCUT2D eigenvalue weighted by atomic mass is 9.95. The lowest BCUT2D eigenvalue weighted by molar-refractivity contribution is 0.240. The van der Waals surface area contributed by atoms with E-state index in [1.54, 1.807) is 6.07 Å². The van der Waals surface area contributed by atoms with Gasteiger partial charge >= 0.3 is 0 Å². The van der Waals surface area contributed by atoms with E-state index in [4.69, 9.17) is 11.6 Å². The highest BCUT2D eigenvalue weighted by atomic mass is 35.5. The second-order valence-corrected chi connectivity index (χ2v) is 7.71. The molecule has 128 valence electrons. The maximum atomic E-state index is 13.6. The molecule has 2 heterocycles. The molecule has 0 spiro atoms. The third-order valence-electron chi connectivity index (χ3n) is 4.25. The summed E-state index contributed by atoms with van der Waals surface area (Å²) in [5.74, 6) is 0.306. The van der Waals surface area contributed by atoms with Crippen LogP contribution in [0.25, 0.3) is 0 Å². The first-order valence-electron chi connectivity index (χ1n) is 8.03. The molecular formula is C18H21ClFN3O. The van der Waals surface area contributed by atoms with Crippen LogP contribution in [0.2, 0.25) is 5.02 Å². The van der Waals surface area contributed by atoms with E-state index in [9.17, 15) is 9.18 Å². The molecule has 0 radical (unpaired) electrons. The summed E-state index contributed by atoms with van der Waals surface area (Å²) >= 11 is 5.72. The summed E-state index contributed by atoms with van der Waals surface area (Å²) in [5, 5.41) is 0.123. The van der Waals surface area contributed by atoms with Gasteiger partial charge in [0.2, 0.25) is 0 Å². The standard InChI is InChI=1S/C18H21ClFN3O/c1-18(2,3)17-21-15-6-7-23(10-12(15)16(24)22-17)9-11-4-5-13(19)14(20)8-11/h4-5,8H,6-7,9-10H2,1-3H3,(H,21,22,24). The Labute approximate surface area is 145 Å². The summed E-state index contributed by atoms with van der Waals surface area (Å²) in [7, 11) is 0. The third kappa shape index (κ3) is 3.52. The molecule has 6 heteroatoms. The van der Waals surface area contributed by atoms with Crippen LogP contribution in [0, 0.1) is 5.82 Å². The van der Waals surface area contributed by atoms with Crippen molar-refractivity contribution in [1.82, 2.24) is 14.9 Å². The molecule has 1 aromatic heterocycles. The molecule has 0 saturated heterocycles. The van der Waals surface area contributed by atoms with Gasteiger partial charge < -0.3 is 4.98 Å². The van der Waals surface area contributed by atoms with Gasteiger partial charge in [0.25, 0.3) is 5.56 Å². The smallest absolute Gasteiger partial charge is 0.255 e. The van der Waals surface area contributed by atoms with Crippen LogP contribution in [0.5, 0.6) is 0 Å². The predicted octanol–water partition coefficient (Wildman–Crippen LogP) is 3.42. The minimum Gasteiger partial charge on any atom is -0.310 e. The van der Waals surface area contributed by atoms with Crippen molar-refractivity contribution in [1.29, 1.82) is 0 Å². The van der Waals surface area contributed by atoms with Crippen molar-refractivity contribution in [3.05, 3.63) is 62.0 Å². The molecule has 1 aliphatic heterocycles. The molecule has 0 aliphatic carbocycles. The summed E-state index contributed by atoms with van der Waals surface area (Å²) in [6.07, 6.45) is 0.721. The average Bonchev–Trinajstić information content (AvgIpc) is 2.50. The summed E-state index contributed by atoms with van der Waals surface area (Å²) in [6.45, 7) is 7.98. The summed E-state index contributed by atoms with van der Waals surface area (Å²) in [6, 6.07) is 4.82. The number of fused-ring (bicyclic) bond motifs is 1. The van der Waals surface area contributed by atoms with Gasteiger partial charge in [-0.2, -0.15) is 0 Å². The molecule has 0 saturated carbocycles. The topological polar surface area (TPSA) is 49.0 Å². The highest BCUT2D eigenvalue weighted by Gasteiger charge is 2.24. The molecule has 1 N–H and O–H groups in total. The predicted molar refractivity (Wildman–Crippen MR) is 92.8 cm³/mol. The highest BCUT2D eigenvalue weighted by molar-refractivity contribution is 6.30. The number of aromatic nitrogens is 2. The van der Waals surface area contributed by atoms with Crippen LogP contribution >= 0.6 is 11.6 Å². The molecule has 0 bridgehead atoms. The van der Waals surface area contributed by atoms with Gasteiger partial charge in [0.05, 0.1) is 16.3 Å². The van der Waals surface area contributed by atoms with Gasteiger partial charge in [-0.05, 0) is 17.7 Å². The Hall–Kier alpha value is -1.72. The van der Waals surface area contributed by atoms with E-state index in [0.717, 1.165) is 30.0 Å². The molecule has 0 unspecified atom stereocenters. The molecular weight excluding hydrogens is 329 g/mol. The van der Waals surface area contributed by atoms with Crippen LogP contribution in [0.4, 0.5) is 4.39 Å². The Balaban J connectivity index is 1.82. The van der Waals surface area contributed by atoms with E-state index in [2.05, 4.69) is 14.9 Å². The van der Waals surface area contributed by atoms with Crippen molar-refractivity contribution in [2.24, 2.45) is 0 Å². The maximum Gasteiger partial charge on any atom is 0.255 e. The molecule has 24 heavy (non-hydrogen) atoms. The fourth-order valence-corrected chi connectivity index (χ4v) is 2.98. The van der Waals surface area contributed by atoms with Crippen LogP contribution in [0.15, 0.2) is 23.0 Å². The van der Waals surface area contributed by atoms with Crippen LogP contribution < -0.4 is 5.56 Å². The minimum absolute atomic E-state index is 0.0723. The summed E-state index contributed by atoms with van der Waals surface area (Å²) in [4.78, 5) is 22.1. The zero-order valence-corrected chi connectivity index (χ0v) is 14.9. The molecule has 4 nitrogen and oxygen atoms in total. The zero-order valence-electron chi connectivity index (χ0n) is 14.1. The van der Waals surface area contributed by atoms with Gasteiger partial charge in [0, 0.05) is 31.5 Å². The highest BCUT2D eigenvalue weighted by Crippen LogP contribution is 2.22. The summed E-state index contributed by atoms with van der Waals surface area (Å²) in [5.41, 5.74) is 2.17. The Morgan fingerprint density at radius 3 is 2.79 bits per heavy atom. The van der Waals surface area contributed by atoms with Crippen molar-refractivity contribution < 1.29 is 4.39 Å². The van der Waals surface area contributed by atoms with Gasteiger partial charge in [0.1, 0.15) is 11.6 Å². The van der Waals surface area contributed by atoms with Crippen molar-refractivity contribution in [3.8, 4) is 0 Å². The van der Waals surface area contributed by atoms with E-state index < -0.39 is 5.82 Å². The molecule has 3 rings (SSSR count). The molecule has 0 amide bonds. The average molecular weight is 350 g/mol. The first-order valence-corrected chi connectivity index (χ1v) is 8.40. The first kappa shape index (κ1) is 17.1. The Morgan fingerprint density at radius 1 is 1.38 bits per heavy atom. The number of halogens is 2. The number of nitrogens with zero attached hydrogens (tertiary/aromatic N) is 2.